The molecule has 0 bridgehead atoms. The molecule has 2 fully saturated rings. The van der Waals surface area contributed by atoms with Crippen LogP contribution in [0.1, 0.15) is 58.8 Å². The van der Waals surface area contributed by atoms with Crippen molar-refractivity contribution >= 4 is 57.7 Å². The van der Waals surface area contributed by atoms with Crippen molar-refractivity contribution in [1.82, 2.24) is 25.9 Å². The Morgan fingerprint density at radius 2 is 2.00 bits per heavy atom. The van der Waals surface area contributed by atoms with Crippen LogP contribution in [0.15, 0.2) is 36.7 Å². The number of aromatic nitrogens is 2. The zero-order chi connectivity index (χ0) is 32.6. The van der Waals surface area contributed by atoms with Crippen LogP contribution in [0.25, 0.3) is 10.9 Å². The van der Waals surface area contributed by atoms with E-state index >= 15 is 0 Å². The van der Waals surface area contributed by atoms with Crippen molar-refractivity contribution in [1.29, 1.82) is 0 Å². The van der Waals surface area contributed by atoms with Crippen molar-refractivity contribution in [2.45, 2.75) is 82.2 Å². The Morgan fingerprint density at radius 1 is 1.15 bits per heavy atom. The second kappa shape index (κ2) is 15.9. The van der Waals surface area contributed by atoms with E-state index in [9.17, 15) is 14.0 Å². The lowest BCUT2D eigenvalue weighted by atomic mass is 9.97. The standard InChI is InChI=1S/C33H42ClFN6O4S/c1-4-19(16-36-30(42)9-7-6-8-29-31-26(17-46-29)40-33(43)41-31)12-21(5-2)45-28-14-22-25(15-27(28)44-3)37-18-38-32(22)39-20-10-11-24(35)23(34)13-20/h10-11,13-15,18-19,21,26,29,31H,4-9,12,16-17H2,1-3H3,(H,36,42)(H,37,38,39)(H2,40,41,43). The first-order chi connectivity index (χ1) is 22.3. The highest BCUT2D eigenvalue weighted by Gasteiger charge is 2.42. The molecule has 2 aromatic carbocycles. The highest BCUT2D eigenvalue weighted by molar-refractivity contribution is 8.00. The summed E-state index contributed by atoms with van der Waals surface area (Å²) < 4.78 is 25.9. The summed E-state index contributed by atoms with van der Waals surface area (Å²) in [6.45, 7) is 4.79. The number of thioether (sulfide) groups is 1. The maximum absolute atomic E-state index is 13.7. The minimum atomic E-state index is -0.497. The Kier molecular flexibility index (Phi) is 11.7. The number of amides is 3. The summed E-state index contributed by atoms with van der Waals surface area (Å²) in [5.41, 5.74) is 1.25. The third-order valence-electron chi connectivity index (χ3n) is 8.69. The van der Waals surface area contributed by atoms with Gasteiger partial charge < -0.3 is 30.7 Å². The number of carbonyl (C=O) groups excluding carboxylic acids is 2. The van der Waals surface area contributed by atoms with Crippen LogP contribution in [0.2, 0.25) is 5.02 Å². The summed E-state index contributed by atoms with van der Waals surface area (Å²) in [5.74, 6) is 2.41. The van der Waals surface area contributed by atoms with Gasteiger partial charge in [0.25, 0.3) is 0 Å². The SMILES string of the molecule is CCC(CNC(=O)CCCCC1SCC2NC(=O)NC21)CC(CC)Oc1cc2c(Nc3ccc(F)c(Cl)c3)ncnc2cc1OC. The largest absolute Gasteiger partial charge is 0.493 e. The van der Waals surface area contributed by atoms with E-state index in [2.05, 4.69) is 45.1 Å². The number of halogens is 2. The van der Waals surface area contributed by atoms with Crippen LogP contribution in [0.3, 0.4) is 0 Å². The number of benzene rings is 2. The van der Waals surface area contributed by atoms with E-state index in [1.165, 1.54) is 18.5 Å². The van der Waals surface area contributed by atoms with Gasteiger partial charge in [-0.25, -0.2) is 19.2 Å². The van der Waals surface area contributed by atoms with E-state index in [0.717, 1.165) is 44.3 Å². The summed E-state index contributed by atoms with van der Waals surface area (Å²) in [6.07, 6.45) is 7.06. The Hall–Kier alpha value is -3.51. The molecule has 2 aliphatic heterocycles. The molecule has 2 aliphatic rings. The van der Waals surface area contributed by atoms with Gasteiger partial charge in [0.15, 0.2) is 11.5 Å². The van der Waals surface area contributed by atoms with Gasteiger partial charge in [-0.3, -0.25) is 4.79 Å². The molecule has 1 aromatic heterocycles. The average molecular weight is 673 g/mol. The molecular weight excluding hydrogens is 631 g/mol. The molecule has 5 atom stereocenters. The van der Waals surface area contributed by atoms with E-state index < -0.39 is 5.82 Å². The van der Waals surface area contributed by atoms with Crippen LogP contribution in [-0.2, 0) is 4.79 Å². The molecular formula is C33H42ClFN6O4S. The number of urea groups is 1. The number of rotatable bonds is 16. The van der Waals surface area contributed by atoms with E-state index in [-0.39, 0.29) is 41.1 Å². The van der Waals surface area contributed by atoms with Crippen molar-refractivity contribution in [3.05, 3.63) is 47.5 Å². The Labute approximate surface area is 278 Å². The molecule has 0 spiro atoms. The van der Waals surface area contributed by atoms with E-state index in [4.69, 9.17) is 21.1 Å². The summed E-state index contributed by atoms with van der Waals surface area (Å²) in [6, 6.07) is 8.42. The highest BCUT2D eigenvalue weighted by atomic mass is 35.5. The molecule has 2 saturated heterocycles. The summed E-state index contributed by atoms with van der Waals surface area (Å²) in [4.78, 5) is 33.1. The molecule has 3 aromatic rings. The van der Waals surface area contributed by atoms with Crippen molar-refractivity contribution < 1.29 is 23.5 Å². The topological polar surface area (TPSA) is 127 Å². The van der Waals surface area contributed by atoms with Gasteiger partial charge in [0.1, 0.15) is 18.0 Å². The first kappa shape index (κ1) is 33.8. The zero-order valence-electron chi connectivity index (χ0n) is 26.4. The van der Waals surface area contributed by atoms with Gasteiger partial charge in [-0.15, -0.1) is 0 Å². The molecule has 3 amide bonds. The van der Waals surface area contributed by atoms with Gasteiger partial charge in [-0.05, 0) is 55.9 Å². The minimum absolute atomic E-state index is 0.0113. The quantitative estimate of drug-likeness (QED) is 0.0992. The van der Waals surface area contributed by atoms with E-state index in [0.29, 0.717) is 52.1 Å². The third-order valence-corrected chi connectivity index (χ3v) is 10.5. The summed E-state index contributed by atoms with van der Waals surface area (Å²) >= 11 is 7.88. The molecule has 4 N–H and O–H groups in total. The maximum Gasteiger partial charge on any atom is 0.315 e. The van der Waals surface area contributed by atoms with Crippen LogP contribution in [0.4, 0.5) is 20.7 Å². The lowest BCUT2D eigenvalue weighted by Crippen LogP contribution is -2.36. The van der Waals surface area contributed by atoms with Crippen molar-refractivity contribution in [2.24, 2.45) is 5.92 Å². The van der Waals surface area contributed by atoms with Gasteiger partial charge in [-0.2, -0.15) is 11.8 Å². The normalized spacial score (nSPS) is 20.0. The van der Waals surface area contributed by atoms with Crippen LogP contribution < -0.4 is 30.7 Å². The number of carbonyl (C=O) groups is 2. The van der Waals surface area contributed by atoms with E-state index in [1.807, 2.05) is 23.9 Å². The van der Waals surface area contributed by atoms with Crippen LogP contribution in [0, 0.1) is 11.7 Å². The number of unbranched alkanes of at least 4 members (excludes halogenated alkanes) is 1. The molecule has 46 heavy (non-hydrogen) atoms. The van der Waals surface area contributed by atoms with Crippen molar-refractivity contribution in [3.8, 4) is 11.5 Å². The first-order valence-corrected chi connectivity index (χ1v) is 17.4. The zero-order valence-corrected chi connectivity index (χ0v) is 28.0. The molecule has 10 nitrogen and oxygen atoms in total. The predicted octanol–water partition coefficient (Wildman–Crippen LogP) is 6.59. The molecule has 0 aliphatic carbocycles. The summed E-state index contributed by atoms with van der Waals surface area (Å²) in [7, 11) is 1.59. The van der Waals surface area contributed by atoms with Gasteiger partial charge in [0.05, 0.1) is 35.8 Å². The number of methoxy groups -OCH3 is 1. The number of hydrogen-bond acceptors (Lipinski definition) is 8. The van der Waals surface area contributed by atoms with Crippen LogP contribution in [-0.4, -0.2) is 64.8 Å². The molecule has 5 unspecified atom stereocenters. The lowest BCUT2D eigenvalue weighted by Gasteiger charge is -2.24. The maximum atomic E-state index is 13.7. The Bertz CT molecular complexity index is 1530. The van der Waals surface area contributed by atoms with Crippen LogP contribution in [0.5, 0.6) is 11.5 Å². The van der Waals surface area contributed by atoms with E-state index in [1.54, 1.807) is 13.2 Å². The number of fused-ring (bicyclic) bond motifs is 2. The van der Waals surface area contributed by atoms with Gasteiger partial charge >= 0.3 is 6.03 Å². The van der Waals surface area contributed by atoms with Crippen molar-refractivity contribution in [2.75, 3.05) is 24.7 Å². The number of hydrogen-bond donors (Lipinski definition) is 4. The highest BCUT2D eigenvalue weighted by Crippen LogP contribution is 2.37. The second-order valence-corrected chi connectivity index (χ2v) is 13.5. The Morgan fingerprint density at radius 3 is 2.76 bits per heavy atom. The number of ether oxygens (including phenoxy) is 2. The van der Waals surface area contributed by atoms with Gasteiger partial charge in [0, 0.05) is 41.1 Å². The fourth-order valence-corrected chi connectivity index (χ4v) is 7.71. The lowest BCUT2D eigenvalue weighted by molar-refractivity contribution is -0.121. The number of anilines is 2. The smallest absolute Gasteiger partial charge is 0.315 e. The third kappa shape index (κ3) is 8.44. The summed E-state index contributed by atoms with van der Waals surface area (Å²) in [5, 5.41) is 13.5. The minimum Gasteiger partial charge on any atom is -0.493 e. The van der Waals surface area contributed by atoms with Crippen molar-refractivity contribution in [3.63, 3.8) is 0 Å². The molecule has 13 heteroatoms. The molecule has 5 rings (SSSR count). The fraction of sp³-hybridized carbons (Fsp3) is 0.515. The predicted molar refractivity (Wildman–Crippen MR) is 181 cm³/mol. The van der Waals surface area contributed by atoms with Gasteiger partial charge in [-0.1, -0.05) is 38.3 Å². The average Bonchev–Trinajstić information content (AvgIpc) is 3.61. The second-order valence-electron chi connectivity index (χ2n) is 11.8. The fourth-order valence-electron chi connectivity index (χ4n) is 5.99. The van der Waals surface area contributed by atoms with Gasteiger partial charge in [0.2, 0.25) is 5.91 Å². The molecule has 3 heterocycles. The monoisotopic (exact) mass is 672 g/mol. The molecule has 248 valence electrons. The number of nitrogens with one attached hydrogen (secondary N) is 4. The first-order valence-electron chi connectivity index (χ1n) is 15.9. The number of nitrogens with zero attached hydrogens (tertiary/aromatic N) is 2. The molecule has 0 saturated carbocycles. The Balaban J connectivity index is 1.14. The molecule has 0 radical (unpaired) electrons. The van der Waals surface area contributed by atoms with Crippen LogP contribution >= 0.6 is 23.4 Å².